The number of rotatable bonds is 4. The largest absolute Gasteiger partial charge is 0.496 e. The van der Waals surface area contributed by atoms with Crippen LogP contribution >= 0.6 is 0 Å². The lowest BCUT2D eigenvalue weighted by atomic mass is 10.2. The molecule has 2 rings (SSSR count). The first-order valence-corrected chi connectivity index (χ1v) is 5.27. The highest BCUT2D eigenvalue weighted by molar-refractivity contribution is 5.71. The Morgan fingerprint density at radius 1 is 1.33 bits per heavy atom. The maximum atomic E-state index is 11.1. The minimum Gasteiger partial charge on any atom is -0.496 e. The molecule has 2 aromatic rings. The number of ether oxygens (including phenoxy) is 2. The summed E-state index contributed by atoms with van der Waals surface area (Å²) in [7, 11) is 2.87. The first-order chi connectivity index (χ1) is 8.74. The Kier molecular flexibility index (Phi) is 3.57. The molecular formula is C12H12N2O4. The molecule has 0 fully saturated rings. The van der Waals surface area contributed by atoms with Crippen molar-refractivity contribution >= 4 is 5.97 Å². The fourth-order valence-corrected chi connectivity index (χ4v) is 1.46. The van der Waals surface area contributed by atoms with Gasteiger partial charge in [-0.2, -0.15) is 4.98 Å². The smallest absolute Gasteiger partial charge is 0.315 e. The molecule has 0 unspecified atom stereocenters. The van der Waals surface area contributed by atoms with Crippen LogP contribution in [-0.2, 0) is 16.0 Å². The third kappa shape index (κ3) is 2.48. The van der Waals surface area contributed by atoms with Gasteiger partial charge in [-0.25, -0.2) is 0 Å². The molecule has 0 aliphatic carbocycles. The molecule has 0 amide bonds. The molecule has 6 nitrogen and oxygen atoms in total. The van der Waals surface area contributed by atoms with E-state index in [0.29, 0.717) is 17.1 Å². The van der Waals surface area contributed by atoms with E-state index in [2.05, 4.69) is 14.9 Å². The summed E-state index contributed by atoms with van der Waals surface area (Å²) >= 11 is 0. The Morgan fingerprint density at radius 2 is 2.11 bits per heavy atom. The summed E-state index contributed by atoms with van der Waals surface area (Å²) in [5, 5.41) is 3.81. The van der Waals surface area contributed by atoms with Crippen LogP contribution in [0.1, 0.15) is 5.89 Å². The number of carbonyl (C=O) groups is 1. The van der Waals surface area contributed by atoms with E-state index in [9.17, 15) is 4.79 Å². The normalized spacial score (nSPS) is 10.1. The van der Waals surface area contributed by atoms with E-state index in [1.54, 1.807) is 13.2 Å². The average Bonchev–Trinajstić information content (AvgIpc) is 2.86. The maximum Gasteiger partial charge on any atom is 0.315 e. The zero-order chi connectivity index (χ0) is 13.0. The lowest BCUT2D eigenvalue weighted by Crippen LogP contribution is -2.04. The van der Waals surface area contributed by atoms with Gasteiger partial charge in [0.15, 0.2) is 0 Å². The number of esters is 1. The first kappa shape index (κ1) is 12.1. The van der Waals surface area contributed by atoms with Gasteiger partial charge in [0, 0.05) is 0 Å². The molecule has 0 saturated carbocycles. The van der Waals surface area contributed by atoms with Gasteiger partial charge in [-0.15, -0.1) is 0 Å². The van der Waals surface area contributed by atoms with E-state index in [1.807, 2.05) is 18.2 Å². The second-order valence-corrected chi connectivity index (χ2v) is 3.46. The van der Waals surface area contributed by atoms with Gasteiger partial charge in [0.2, 0.25) is 11.7 Å². The minimum atomic E-state index is -0.426. The van der Waals surface area contributed by atoms with Gasteiger partial charge >= 0.3 is 5.97 Å². The van der Waals surface area contributed by atoms with E-state index in [1.165, 1.54) is 7.11 Å². The second kappa shape index (κ2) is 5.31. The molecule has 0 aliphatic rings. The summed E-state index contributed by atoms with van der Waals surface area (Å²) in [5.41, 5.74) is 0.708. The van der Waals surface area contributed by atoms with Crippen LogP contribution in [0.3, 0.4) is 0 Å². The number of methoxy groups -OCH3 is 2. The Bertz CT molecular complexity index is 551. The van der Waals surface area contributed by atoms with E-state index in [0.717, 1.165) is 0 Å². The summed E-state index contributed by atoms with van der Waals surface area (Å²) in [6.45, 7) is 0. The van der Waals surface area contributed by atoms with Crippen LogP contribution in [0.2, 0.25) is 0 Å². The predicted octanol–water partition coefficient (Wildman–Crippen LogP) is 1.46. The van der Waals surface area contributed by atoms with Crippen molar-refractivity contribution in [3.8, 4) is 17.1 Å². The summed E-state index contributed by atoms with van der Waals surface area (Å²) in [5.74, 6) is 0.808. The number of para-hydroxylation sites is 1. The molecule has 0 aliphatic heterocycles. The van der Waals surface area contributed by atoms with Crippen molar-refractivity contribution < 1.29 is 18.8 Å². The van der Waals surface area contributed by atoms with Gasteiger partial charge in [0.05, 0.1) is 19.8 Å². The van der Waals surface area contributed by atoms with Crippen molar-refractivity contribution in [2.45, 2.75) is 6.42 Å². The molecule has 1 aromatic heterocycles. The van der Waals surface area contributed by atoms with Crippen LogP contribution in [0.4, 0.5) is 0 Å². The highest BCUT2D eigenvalue weighted by atomic mass is 16.5. The molecule has 6 heteroatoms. The number of hydrogen-bond donors (Lipinski definition) is 0. The lowest BCUT2D eigenvalue weighted by molar-refractivity contribution is -0.140. The molecule has 1 aromatic carbocycles. The molecule has 1 heterocycles. The molecule has 94 valence electrons. The molecule has 18 heavy (non-hydrogen) atoms. The second-order valence-electron chi connectivity index (χ2n) is 3.46. The third-order valence-electron chi connectivity index (χ3n) is 2.34. The van der Waals surface area contributed by atoms with E-state index < -0.39 is 5.97 Å². The number of hydrogen-bond acceptors (Lipinski definition) is 6. The fourth-order valence-electron chi connectivity index (χ4n) is 1.46. The Balaban J connectivity index is 2.26. The molecule has 0 radical (unpaired) electrons. The molecule has 0 atom stereocenters. The molecule has 0 bridgehead atoms. The quantitative estimate of drug-likeness (QED) is 0.762. The summed E-state index contributed by atoms with van der Waals surface area (Å²) in [6, 6.07) is 7.29. The number of nitrogens with zero attached hydrogens (tertiary/aromatic N) is 2. The highest BCUT2D eigenvalue weighted by Crippen LogP contribution is 2.26. The predicted molar refractivity (Wildman–Crippen MR) is 62.0 cm³/mol. The number of carbonyl (C=O) groups excluding carboxylic acids is 1. The Hall–Kier alpha value is -2.37. The highest BCUT2D eigenvalue weighted by Gasteiger charge is 2.15. The SMILES string of the molecule is COC(=O)Cc1nc(-c2ccccc2OC)no1. The van der Waals surface area contributed by atoms with Crippen LogP contribution < -0.4 is 4.74 Å². The van der Waals surface area contributed by atoms with Crippen molar-refractivity contribution in [1.29, 1.82) is 0 Å². The van der Waals surface area contributed by atoms with Crippen molar-refractivity contribution in [2.24, 2.45) is 0 Å². The Morgan fingerprint density at radius 3 is 2.83 bits per heavy atom. The molecular weight excluding hydrogens is 236 g/mol. The summed E-state index contributed by atoms with van der Waals surface area (Å²) < 4.78 is 14.7. The van der Waals surface area contributed by atoms with Crippen molar-refractivity contribution in [1.82, 2.24) is 10.1 Å². The standard InChI is InChI=1S/C12H12N2O4/c1-16-9-6-4-3-5-8(9)12-13-10(18-14-12)7-11(15)17-2/h3-6H,7H2,1-2H3. The third-order valence-corrected chi connectivity index (χ3v) is 2.34. The van der Waals surface area contributed by atoms with Gasteiger partial charge in [-0.05, 0) is 12.1 Å². The molecule has 0 saturated heterocycles. The first-order valence-electron chi connectivity index (χ1n) is 5.27. The van der Waals surface area contributed by atoms with Crippen molar-refractivity contribution in [3.63, 3.8) is 0 Å². The van der Waals surface area contributed by atoms with E-state index in [-0.39, 0.29) is 12.3 Å². The van der Waals surface area contributed by atoms with Crippen LogP contribution in [-0.4, -0.2) is 30.3 Å². The van der Waals surface area contributed by atoms with Gasteiger partial charge < -0.3 is 14.0 Å². The van der Waals surface area contributed by atoms with E-state index >= 15 is 0 Å². The van der Waals surface area contributed by atoms with Gasteiger partial charge in [-0.1, -0.05) is 17.3 Å². The maximum absolute atomic E-state index is 11.1. The monoisotopic (exact) mass is 248 g/mol. The van der Waals surface area contributed by atoms with Crippen molar-refractivity contribution in [2.75, 3.05) is 14.2 Å². The van der Waals surface area contributed by atoms with Crippen LogP contribution in [0.5, 0.6) is 5.75 Å². The zero-order valence-corrected chi connectivity index (χ0v) is 10.0. The van der Waals surface area contributed by atoms with Crippen molar-refractivity contribution in [3.05, 3.63) is 30.2 Å². The van der Waals surface area contributed by atoms with E-state index in [4.69, 9.17) is 9.26 Å². The van der Waals surface area contributed by atoms with Crippen LogP contribution in [0.25, 0.3) is 11.4 Å². The molecule has 0 spiro atoms. The van der Waals surface area contributed by atoms with Crippen LogP contribution in [0.15, 0.2) is 28.8 Å². The van der Waals surface area contributed by atoms with Gasteiger partial charge in [-0.3, -0.25) is 4.79 Å². The Labute approximate surface area is 104 Å². The topological polar surface area (TPSA) is 74.5 Å². The zero-order valence-electron chi connectivity index (χ0n) is 10.0. The van der Waals surface area contributed by atoms with Gasteiger partial charge in [0.25, 0.3) is 0 Å². The minimum absolute atomic E-state index is 0.0430. The molecule has 0 N–H and O–H groups in total. The average molecular weight is 248 g/mol. The number of benzene rings is 1. The fraction of sp³-hybridized carbons (Fsp3) is 0.250. The summed E-state index contributed by atoms with van der Waals surface area (Å²) in [6.07, 6.45) is -0.0430. The van der Waals surface area contributed by atoms with Crippen LogP contribution in [0, 0.1) is 0 Å². The van der Waals surface area contributed by atoms with Gasteiger partial charge in [0.1, 0.15) is 12.2 Å². The number of aromatic nitrogens is 2. The summed E-state index contributed by atoms with van der Waals surface area (Å²) in [4.78, 5) is 15.2. The lowest BCUT2D eigenvalue weighted by Gasteiger charge is -2.02.